The van der Waals surface area contributed by atoms with E-state index in [1.165, 1.54) is 19.3 Å². The Morgan fingerprint density at radius 3 is 2.17 bits per heavy atom. The largest absolute Gasteiger partial charge is 0.416 e. The minimum absolute atomic E-state index is 0.170. The van der Waals surface area contributed by atoms with Crippen LogP contribution in [0.3, 0.4) is 0 Å². The highest BCUT2D eigenvalue weighted by Crippen LogP contribution is 2.55. The van der Waals surface area contributed by atoms with Gasteiger partial charge in [-0.05, 0) is 74.5 Å². The summed E-state index contributed by atoms with van der Waals surface area (Å²) in [6.07, 6.45) is 2.39. The standard InChI is InChI=1S/C20H24ClF3N2O3S/c1-30(28,29)26(17-7-15(20(22,23)24)2-3-16(17)21)11-18(27)25-19-8-12-4-13(9-19)6-14(5-12)10-19/h2-3,7,12-14H,4-6,8-11H2,1H3,(H,25,27). The van der Waals surface area contributed by atoms with Gasteiger partial charge >= 0.3 is 6.18 Å². The number of hydrogen-bond donors (Lipinski definition) is 1. The van der Waals surface area contributed by atoms with Crippen LogP contribution in [0.1, 0.15) is 44.1 Å². The normalized spacial score (nSPS) is 30.4. The molecule has 166 valence electrons. The molecule has 4 bridgehead atoms. The lowest BCUT2D eigenvalue weighted by Gasteiger charge is -2.57. The zero-order valence-corrected chi connectivity index (χ0v) is 18.1. The number of amides is 1. The average Bonchev–Trinajstić information content (AvgIpc) is 2.56. The van der Waals surface area contributed by atoms with Gasteiger partial charge in [-0.3, -0.25) is 9.10 Å². The molecule has 0 unspecified atom stereocenters. The van der Waals surface area contributed by atoms with Gasteiger partial charge in [0.1, 0.15) is 6.54 Å². The van der Waals surface area contributed by atoms with E-state index >= 15 is 0 Å². The van der Waals surface area contributed by atoms with Crippen molar-refractivity contribution in [2.75, 3.05) is 17.1 Å². The molecular weight excluding hydrogens is 441 g/mol. The van der Waals surface area contributed by atoms with E-state index in [4.69, 9.17) is 11.6 Å². The van der Waals surface area contributed by atoms with Gasteiger partial charge in [0.2, 0.25) is 15.9 Å². The summed E-state index contributed by atoms with van der Waals surface area (Å²) in [6.45, 7) is -0.610. The predicted molar refractivity (Wildman–Crippen MR) is 108 cm³/mol. The lowest BCUT2D eigenvalue weighted by atomic mass is 9.53. The summed E-state index contributed by atoms with van der Waals surface area (Å²) in [6, 6.07) is 2.44. The first kappa shape index (κ1) is 21.7. The number of anilines is 1. The molecular formula is C20H24ClF3N2O3S. The molecule has 1 aromatic rings. The summed E-state index contributed by atoms with van der Waals surface area (Å²) < 4.78 is 64.7. The second kappa shape index (κ2) is 7.29. The topological polar surface area (TPSA) is 66.5 Å². The summed E-state index contributed by atoms with van der Waals surface area (Å²) in [5.41, 5.74) is -1.71. The van der Waals surface area contributed by atoms with E-state index in [1.54, 1.807) is 0 Å². The van der Waals surface area contributed by atoms with Gasteiger partial charge in [0.15, 0.2) is 0 Å². The zero-order valence-electron chi connectivity index (χ0n) is 16.5. The highest BCUT2D eigenvalue weighted by molar-refractivity contribution is 7.92. The van der Waals surface area contributed by atoms with Gasteiger partial charge in [-0.1, -0.05) is 11.6 Å². The Kier molecular flexibility index (Phi) is 5.28. The van der Waals surface area contributed by atoms with E-state index in [0.717, 1.165) is 37.7 Å². The van der Waals surface area contributed by atoms with E-state index in [9.17, 15) is 26.4 Å². The molecule has 0 spiro atoms. The molecule has 0 aromatic heterocycles. The number of rotatable bonds is 5. The number of sulfonamides is 1. The molecule has 4 aliphatic carbocycles. The number of carbonyl (C=O) groups excluding carboxylic acids is 1. The Bertz CT molecular complexity index is 929. The monoisotopic (exact) mass is 464 g/mol. The minimum Gasteiger partial charge on any atom is -0.349 e. The van der Waals surface area contributed by atoms with Crippen molar-refractivity contribution in [3.63, 3.8) is 0 Å². The highest BCUT2D eigenvalue weighted by Gasteiger charge is 2.51. The fourth-order valence-electron chi connectivity index (χ4n) is 5.99. The molecule has 4 aliphatic rings. The minimum atomic E-state index is -4.66. The van der Waals surface area contributed by atoms with Crippen LogP contribution in [0.15, 0.2) is 18.2 Å². The number of benzene rings is 1. The van der Waals surface area contributed by atoms with E-state index in [-0.39, 0.29) is 16.2 Å². The van der Waals surface area contributed by atoms with Crippen LogP contribution in [0.25, 0.3) is 0 Å². The first-order valence-electron chi connectivity index (χ1n) is 10.0. The van der Waals surface area contributed by atoms with E-state index < -0.39 is 34.2 Å². The Balaban J connectivity index is 1.57. The van der Waals surface area contributed by atoms with Crippen LogP contribution >= 0.6 is 11.6 Å². The summed E-state index contributed by atoms with van der Waals surface area (Å²) in [5.74, 6) is 1.23. The quantitative estimate of drug-likeness (QED) is 0.709. The summed E-state index contributed by atoms with van der Waals surface area (Å²) in [5, 5.41) is 2.88. The summed E-state index contributed by atoms with van der Waals surface area (Å²) >= 11 is 6.03. The Hall–Kier alpha value is -1.48. The third-order valence-corrected chi connectivity index (χ3v) is 8.12. The molecule has 0 atom stereocenters. The molecule has 4 fully saturated rings. The molecule has 1 amide bonds. The van der Waals surface area contributed by atoms with Gasteiger partial charge in [0, 0.05) is 5.54 Å². The average molecular weight is 465 g/mol. The number of nitrogens with one attached hydrogen (secondary N) is 1. The molecule has 4 saturated carbocycles. The predicted octanol–water partition coefficient (Wildman–Crippen LogP) is 4.21. The van der Waals surface area contributed by atoms with Gasteiger partial charge in [0.05, 0.1) is 22.5 Å². The molecule has 0 heterocycles. The van der Waals surface area contributed by atoms with Crippen molar-refractivity contribution in [2.45, 2.75) is 50.2 Å². The Labute approximate surface area is 179 Å². The van der Waals surface area contributed by atoms with E-state index in [0.29, 0.717) is 28.1 Å². The number of halogens is 4. The van der Waals surface area contributed by atoms with Crippen molar-refractivity contribution >= 4 is 33.2 Å². The molecule has 1 aromatic carbocycles. The summed E-state index contributed by atoms with van der Waals surface area (Å²) in [4.78, 5) is 12.9. The first-order valence-corrected chi connectivity index (χ1v) is 12.2. The molecule has 10 heteroatoms. The van der Waals surface area contributed by atoms with Crippen molar-refractivity contribution in [1.82, 2.24) is 5.32 Å². The van der Waals surface area contributed by atoms with Gasteiger partial charge in [-0.15, -0.1) is 0 Å². The molecule has 0 aliphatic heterocycles. The molecule has 0 radical (unpaired) electrons. The fourth-order valence-corrected chi connectivity index (χ4v) is 7.12. The van der Waals surface area contributed by atoms with Crippen LogP contribution in [-0.2, 0) is 21.0 Å². The smallest absolute Gasteiger partial charge is 0.349 e. The SMILES string of the molecule is CS(=O)(=O)N(CC(=O)NC12CC3CC(CC(C3)C1)C2)c1cc(C(F)(F)F)ccc1Cl. The van der Waals surface area contributed by atoms with Crippen LogP contribution in [0.4, 0.5) is 18.9 Å². The van der Waals surface area contributed by atoms with Crippen molar-refractivity contribution < 1.29 is 26.4 Å². The van der Waals surface area contributed by atoms with Crippen LogP contribution in [0, 0.1) is 17.8 Å². The number of carbonyl (C=O) groups is 1. The third kappa shape index (κ3) is 4.28. The maximum atomic E-state index is 13.1. The van der Waals surface area contributed by atoms with Gasteiger partial charge in [-0.25, -0.2) is 8.42 Å². The van der Waals surface area contributed by atoms with Crippen molar-refractivity contribution in [3.05, 3.63) is 28.8 Å². The first-order chi connectivity index (χ1) is 13.8. The lowest BCUT2D eigenvalue weighted by molar-refractivity contribution is -0.137. The van der Waals surface area contributed by atoms with E-state index in [2.05, 4.69) is 5.32 Å². The fraction of sp³-hybridized carbons (Fsp3) is 0.650. The second-order valence-electron chi connectivity index (χ2n) is 9.18. The Morgan fingerprint density at radius 2 is 1.70 bits per heavy atom. The van der Waals surface area contributed by atoms with Crippen molar-refractivity contribution in [2.24, 2.45) is 17.8 Å². The van der Waals surface area contributed by atoms with Gasteiger partial charge in [-0.2, -0.15) is 13.2 Å². The number of nitrogens with zero attached hydrogens (tertiary/aromatic N) is 1. The molecule has 5 rings (SSSR count). The summed E-state index contributed by atoms with van der Waals surface area (Å²) in [7, 11) is -4.04. The molecule has 1 N–H and O–H groups in total. The second-order valence-corrected chi connectivity index (χ2v) is 11.5. The van der Waals surface area contributed by atoms with Gasteiger partial charge in [0.25, 0.3) is 0 Å². The third-order valence-electron chi connectivity index (χ3n) is 6.67. The maximum absolute atomic E-state index is 13.1. The number of alkyl halides is 3. The number of hydrogen-bond acceptors (Lipinski definition) is 3. The molecule has 0 saturated heterocycles. The van der Waals surface area contributed by atoms with Crippen molar-refractivity contribution in [3.8, 4) is 0 Å². The van der Waals surface area contributed by atoms with Gasteiger partial charge < -0.3 is 5.32 Å². The Morgan fingerprint density at radius 1 is 1.17 bits per heavy atom. The van der Waals surface area contributed by atoms with Crippen LogP contribution < -0.4 is 9.62 Å². The lowest BCUT2D eigenvalue weighted by Crippen LogP contribution is -2.61. The van der Waals surface area contributed by atoms with Crippen LogP contribution in [0.2, 0.25) is 5.02 Å². The molecule has 5 nitrogen and oxygen atoms in total. The maximum Gasteiger partial charge on any atom is 0.416 e. The molecule has 30 heavy (non-hydrogen) atoms. The van der Waals surface area contributed by atoms with Crippen LogP contribution in [0.5, 0.6) is 0 Å². The van der Waals surface area contributed by atoms with E-state index in [1.807, 2.05) is 0 Å². The highest BCUT2D eigenvalue weighted by atomic mass is 35.5. The zero-order chi connectivity index (χ0) is 21.9. The van der Waals surface area contributed by atoms with Crippen LogP contribution in [-0.4, -0.2) is 32.7 Å². The van der Waals surface area contributed by atoms with Crippen molar-refractivity contribution in [1.29, 1.82) is 0 Å².